The van der Waals surface area contributed by atoms with E-state index in [2.05, 4.69) is 15.4 Å². The first kappa shape index (κ1) is 15.5. The van der Waals surface area contributed by atoms with Crippen LogP contribution < -0.4 is 15.4 Å². The number of piperidine rings is 1. The van der Waals surface area contributed by atoms with E-state index in [0.717, 1.165) is 4.31 Å². The number of nitrogens with one attached hydrogen (secondary N) is 3. The van der Waals surface area contributed by atoms with Crippen LogP contribution in [0.2, 0.25) is 0 Å². The van der Waals surface area contributed by atoms with Gasteiger partial charge in [-0.05, 0) is 19.8 Å². The van der Waals surface area contributed by atoms with Gasteiger partial charge in [-0.3, -0.25) is 10.1 Å². The first-order chi connectivity index (χ1) is 9.79. The Bertz CT molecular complexity index is 576. The third-order valence-corrected chi connectivity index (χ3v) is 4.72. The smallest absolute Gasteiger partial charge is 0.421 e. The second-order valence-electron chi connectivity index (χ2n) is 4.76. The molecule has 0 bridgehead atoms. The van der Waals surface area contributed by atoms with Gasteiger partial charge in [0.05, 0.1) is 6.61 Å². The minimum Gasteiger partial charge on any atom is -0.449 e. The molecule has 118 valence electrons. The molecular weight excluding hydrogens is 304 g/mol. The molecule has 1 atom stereocenters. The van der Waals surface area contributed by atoms with Crippen LogP contribution in [0.5, 0.6) is 0 Å². The van der Waals surface area contributed by atoms with Crippen LogP contribution in [0, 0.1) is 0 Å². The standard InChI is InChI=1S/C10H16N4O6S/c1-2-20-9(17)13-21(18,19)14-5-3-4-10(6-14)7(15)11-8(16)12-10/h2-6H2,1H3,(H,13,17)(H2,11,12,15,16). The summed E-state index contributed by atoms with van der Waals surface area (Å²) >= 11 is 0. The monoisotopic (exact) mass is 320 g/mol. The highest BCUT2D eigenvalue weighted by molar-refractivity contribution is 7.87. The van der Waals surface area contributed by atoms with E-state index < -0.39 is 33.8 Å². The number of urea groups is 1. The van der Waals surface area contributed by atoms with Gasteiger partial charge in [-0.15, -0.1) is 0 Å². The number of rotatable bonds is 3. The zero-order chi connectivity index (χ0) is 15.7. The van der Waals surface area contributed by atoms with Crippen molar-refractivity contribution >= 4 is 28.2 Å². The zero-order valence-electron chi connectivity index (χ0n) is 11.3. The van der Waals surface area contributed by atoms with Crippen molar-refractivity contribution in [3.05, 3.63) is 0 Å². The van der Waals surface area contributed by atoms with Crippen LogP contribution in [-0.4, -0.2) is 56.0 Å². The summed E-state index contributed by atoms with van der Waals surface area (Å²) in [6.45, 7) is 1.48. The van der Waals surface area contributed by atoms with Crippen LogP contribution in [-0.2, 0) is 19.7 Å². The Morgan fingerprint density at radius 3 is 2.76 bits per heavy atom. The number of ether oxygens (including phenoxy) is 1. The van der Waals surface area contributed by atoms with Gasteiger partial charge in [-0.1, -0.05) is 0 Å². The summed E-state index contributed by atoms with van der Waals surface area (Å²) < 4.78 is 31.4. The van der Waals surface area contributed by atoms with Gasteiger partial charge in [0.25, 0.3) is 5.91 Å². The van der Waals surface area contributed by atoms with E-state index >= 15 is 0 Å². The number of hydrogen-bond donors (Lipinski definition) is 3. The lowest BCUT2D eigenvalue weighted by molar-refractivity contribution is -0.125. The molecule has 10 nitrogen and oxygen atoms in total. The van der Waals surface area contributed by atoms with E-state index in [1.54, 1.807) is 11.6 Å². The van der Waals surface area contributed by atoms with E-state index in [1.165, 1.54) is 0 Å². The minimum atomic E-state index is -4.13. The van der Waals surface area contributed by atoms with Gasteiger partial charge in [-0.25, -0.2) is 14.3 Å². The van der Waals surface area contributed by atoms with Crippen molar-refractivity contribution in [3.8, 4) is 0 Å². The van der Waals surface area contributed by atoms with Gasteiger partial charge in [0, 0.05) is 13.1 Å². The maximum atomic E-state index is 12.1. The Morgan fingerprint density at radius 2 is 2.19 bits per heavy atom. The van der Waals surface area contributed by atoms with E-state index in [1.807, 2.05) is 0 Å². The third-order valence-electron chi connectivity index (χ3n) is 3.30. The lowest BCUT2D eigenvalue weighted by Gasteiger charge is -2.36. The average Bonchev–Trinajstić information content (AvgIpc) is 2.63. The lowest BCUT2D eigenvalue weighted by Crippen LogP contribution is -2.61. The van der Waals surface area contributed by atoms with Crippen LogP contribution in [0.25, 0.3) is 0 Å². The molecule has 0 aliphatic carbocycles. The molecule has 11 heteroatoms. The fourth-order valence-corrected chi connectivity index (χ4v) is 3.53. The number of hydrogen-bond acceptors (Lipinski definition) is 6. The number of carbonyl (C=O) groups excluding carboxylic acids is 3. The highest BCUT2D eigenvalue weighted by Crippen LogP contribution is 2.25. The summed E-state index contributed by atoms with van der Waals surface area (Å²) in [4.78, 5) is 34.3. The second kappa shape index (κ2) is 5.48. The van der Waals surface area contributed by atoms with Gasteiger partial charge in [0.1, 0.15) is 5.54 Å². The maximum absolute atomic E-state index is 12.1. The largest absolute Gasteiger partial charge is 0.449 e. The fourth-order valence-electron chi connectivity index (χ4n) is 2.37. The molecule has 2 aliphatic heterocycles. The maximum Gasteiger partial charge on any atom is 0.421 e. The van der Waals surface area contributed by atoms with Crippen LogP contribution in [0.4, 0.5) is 9.59 Å². The fraction of sp³-hybridized carbons (Fsp3) is 0.700. The van der Waals surface area contributed by atoms with Crippen LogP contribution in [0.3, 0.4) is 0 Å². The normalized spacial score (nSPS) is 26.3. The summed E-state index contributed by atoms with van der Waals surface area (Å²) in [6.07, 6.45) is -0.384. The number of carbonyl (C=O) groups is 3. The molecule has 21 heavy (non-hydrogen) atoms. The van der Waals surface area contributed by atoms with Crippen LogP contribution in [0.15, 0.2) is 0 Å². The number of imide groups is 1. The van der Waals surface area contributed by atoms with Crippen molar-refractivity contribution < 1.29 is 27.5 Å². The summed E-state index contributed by atoms with van der Waals surface area (Å²) in [5, 5.41) is 4.54. The topological polar surface area (TPSA) is 134 Å². The molecule has 0 aromatic heterocycles. The van der Waals surface area contributed by atoms with Crippen molar-refractivity contribution in [2.75, 3.05) is 19.7 Å². The summed E-state index contributed by atoms with van der Waals surface area (Å²) in [7, 11) is -4.13. The summed E-state index contributed by atoms with van der Waals surface area (Å²) in [5.41, 5.74) is -1.28. The van der Waals surface area contributed by atoms with E-state index in [9.17, 15) is 22.8 Å². The summed E-state index contributed by atoms with van der Waals surface area (Å²) in [5.74, 6) is -0.566. The van der Waals surface area contributed by atoms with Gasteiger partial charge in [0.2, 0.25) is 0 Å². The Kier molecular flexibility index (Phi) is 4.05. The van der Waals surface area contributed by atoms with Crippen molar-refractivity contribution in [2.24, 2.45) is 0 Å². The third kappa shape index (κ3) is 3.08. The van der Waals surface area contributed by atoms with Crippen LogP contribution in [0.1, 0.15) is 19.8 Å². The average molecular weight is 320 g/mol. The van der Waals surface area contributed by atoms with Crippen molar-refractivity contribution in [3.63, 3.8) is 0 Å². The molecule has 2 saturated heterocycles. The predicted octanol–water partition coefficient (Wildman–Crippen LogP) is -1.35. The molecule has 3 N–H and O–H groups in total. The van der Waals surface area contributed by atoms with Crippen molar-refractivity contribution in [1.29, 1.82) is 0 Å². The van der Waals surface area contributed by atoms with Crippen molar-refractivity contribution in [1.82, 2.24) is 19.7 Å². The molecule has 1 unspecified atom stereocenters. The van der Waals surface area contributed by atoms with E-state index in [4.69, 9.17) is 0 Å². The molecule has 1 spiro atoms. The predicted molar refractivity (Wildman–Crippen MR) is 69.3 cm³/mol. The highest BCUT2D eigenvalue weighted by atomic mass is 32.2. The zero-order valence-corrected chi connectivity index (χ0v) is 12.2. The lowest BCUT2D eigenvalue weighted by atomic mass is 9.90. The van der Waals surface area contributed by atoms with Gasteiger partial charge < -0.3 is 10.1 Å². The molecule has 2 heterocycles. The Hall–Kier alpha value is -1.88. The summed E-state index contributed by atoms with van der Waals surface area (Å²) in [6, 6.07) is -0.655. The molecule has 0 aromatic carbocycles. The second-order valence-corrected chi connectivity index (χ2v) is 6.43. The molecular formula is C10H16N4O6S. The number of nitrogens with zero attached hydrogens (tertiary/aromatic N) is 1. The minimum absolute atomic E-state index is 0.0315. The van der Waals surface area contributed by atoms with Gasteiger partial charge in [-0.2, -0.15) is 12.7 Å². The Balaban J connectivity index is 2.12. The van der Waals surface area contributed by atoms with Gasteiger partial charge >= 0.3 is 22.3 Å². The highest BCUT2D eigenvalue weighted by Gasteiger charge is 2.50. The number of amides is 4. The first-order valence-electron chi connectivity index (χ1n) is 6.37. The molecule has 2 rings (SSSR count). The molecule has 0 radical (unpaired) electrons. The van der Waals surface area contributed by atoms with Crippen LogP contribution >= 0.6 is 0 Å². The Labute approximate surface area is 121 Å². The first-order valence-corrected chi connectivity index (χ1v) is 7.81. The van der Waals surface area contributed by atoms with E-state index in [0.29, 0.717) is 12.8 Å². The molecule has 4 amide bonds. The molecule has 2 aliphatic rings. The van der Waals surface area contributed by atoms with Gasteiger partial charge in [0.15, 0.2) is 0 Å². The molecule has 0 saturated carbocycles. The quantitative estimate of drug-likeness (QED) is 0.551. The molecule has 2 fully saturated rings. The van der Waals surface area contributed by atoms with E-state index in [-0.39, 0.29) is 19.7 Å². The SMILES string of the molecule is CCOC(=O)NS(=O)(=O)N1CCCC2(C1)NC(=O)NC2=O. The molecule has 0 aromatic rings. The van der Waals surface area contributed by atoms with Crippen molar-refractivity contribution in [2.45, 2.75) is 25.3 Å². The Morgan fingerprint density at radius 1 is 1.48 bits per heavy atom.